The fraction of sp³-hybridized carbons (Fsp3) is 0.375. The van der Waals surface area contributed by atoms with Crippen molar-refractivity contribution in [2.45, 2.75) is 43.8 Å². The standard InChI is InChI=1S/C24H25N3O4/c1-31-19-10-6-16(7-11-19)14-26(18-8-9-18)21(28)15-27-22(29)24(25-23(27)30)13-12-17-4-2-3-5-20(17)24/h2-7,10-11,18H,8-9,12-15H2,1H3,(H,25,30)/t24-/m1/s1. The molecule has 0 bridgehead atoms. The van der Waals surface area contributed by atoms with Crippen molar-refractivity contribution in [1.29, 1.82) is 0 Å². The summed E-state index contributed by atoms with van der Waals surface area (Å²) in [5.74, 6) is 0.232. The molecular formula is C24H25N3O4. The van der Waals surface area contributed by atoms with Crippen LogP contribution >= 0.6 is 0 Å². The number of hydrogen-bond donors (Lipinski definition) is 1. The fourth-order valence-electron chi connectivity index (χ4n) is 4.69. The molecule has 0 aromatic heterocycles. The highest BCUT2D eigenvalue weighted by Gasteiger charge is 2.55. The number of urea groups is 1. The number of rotatable bonds is 6. The van der Waals surface area contributed by atoms with Gasteiger partial charge in [0, 0.05) is 12.6 Å². The van der Waals surface area contributed by atoms with E-state index in [1.54, 1.807) is 12.0 Å². The number of imide groups is 1. The molecule has 1 saturated heterocycles. The Morgan fingerprint density at radius 1 is 1.16 bits per heavy atom. The minimum Gasteiger partial charge on any atom is -0.497 e. The van der Waals surface area contributed by atoms with Gasteiger partial charge in [-0.1, -0.05) is 36.4 Å². The van der Waals surface area contributed by atoms with E-state index in [9.17, 15) is 14.4 Å². The Hall–Kier alpha value is -3.35. The first kappa shape index (κ1) is 19.6. The summed E-state index contributed by atoms with van der Waals surface area (Å²) in [6, 6.07) is 15.0. The van der Waals surface area contributed by atoms with E-state index in [-0.39, 0.29) is 24.4 Å². The van der Waals surface area contributed by atoms with E-state index in [2.05, 4.69) is 5.32 Å². The zero-order valence-electron chi connectivity index (χ0n) is 17.5. The minimum atomic E-state index is -1.03. The minimum absolute atomic E-state index is 0.163. The molecule has 1 N–H and O–H groups in total. The van der Waals surface area contributed by atoms with Crippen molar-refractivity contribution >= 4 is 17.8 Å². The lowest BCUT2D eigenvalue weighted by Gasteiger charge is -2.25. The Balaban J connectivity index is 1.33. The quantitative estimate of drug-likeness (QED) is 0.730. The summed E-state index contributed by atoms with van der Waals surface area (Å²) in [6.45, 7) is 0.215. The van der Waals surface area contributed by atoms with Crippen LogP contribution < -0.4 is 10.1 Å². The van der Waals surface area contributed by atoms with Gasteiger partial charge in [0.15, 0.2) is 0 Å². The number of amides is 4. The Kier molecular flexibility index (Phi) is 4.68. The number of carbonyl (C=O) groups is 3. The summed E-state index contributed by atoms with van der Waals surface area (Å²) in [6.07, 6.45) is 3.15. The van der Waals surface area contributed by atoms with Gasteiger partial charge in [0.05, 0.1) is 7.11 Å². The molecule has 1 saturated carbocycles. The number of fused-ring (bicyclic) bond motifs is 2. The molecule has 2 aromatic carbocycles. The zero-order valence-corrected chi connectivity index (χ0v) is 17.5. The molecule has 2 aliphatic carbocycles. The first-order valence-electron chi connectivity index (χ1n) is 10.7. The molecule has 4 amide bonds. The molecule has 0 radical (unpaired) electrons. The highest BCUT2D eigenvalue weighted by Crippen LogP contribution is 2.41. The molecule has 7 nitrogen and oxygen atoms in total. The van der Waals surface area contributed by atoms with Crippen LogP contribution in [0.5, 0.6) is 5.75 Å². The molecule has 2 aromatic rings. The van der Waals surface area contributed by atoms with Gasteiger partial charge in [-0.05, 0) is 54.5 Å². The number of nitrogens with one attached hydrogen (secondary N) is 1. The number of nitrogens with zero attached hydrogens (tertiary/aromatic N) is 2. The summed E-state index contributed by atoms with van der Waals surface area (Å²) in [5, 5.41) is 2.89. The van der Waals surface area contributed by atoms with Crippen LogP contribution in [0.1, 0.15) is 36.0 Å². The second-order valence-electron chi connectivity index (χ2n) is 8.48. The molecule has 160 valence electrons. The highest BCUT2D eigenvalue weighted by molar-refractivity contribution is 6.10. The molecule has 1 heterocycles. The third-order valence-corrected chi connectivity index (χ3v) is 6.54. The predicted molar refractivity (Wildman–Crippen MR) is 113 cm³/mol. The number of ether oxygens (including phenoxy) is 1. The summed E-state index contributed by atoms with van der Waals surface area (Å²) >= 11 is 0. The molecule has 2 fully saturated rings. The molecule has 5 rings (SSSR count). The lowest BCUT2D eigenvalue weighted by Crippen LogP contribution is -2.45. The van der Waals surface area contributed by atoms with Crippen molar-refractivity contribution < 1.29 is 19.1 Å². The van der Waals surface area contributed by atoms with Gasteiger partial charge in [-0.25, -0.2) is 4.79 Å². The SMILES string of the molecule is COc1ccc(CN(C(=O)CN2C(=O)N[C@@]3(CCc4ccccc43)C2=O)C2CC2)cc1. The summed E-state index contributed by atoms with van der Waals surface area (Å²) in [5.41, 5.74) is 1.87. The van der Waals surface area contributed by atoms with Gasteiger partial charge >= 0.3 is 6.03 Å². The van der Waals surface area contributed by atoms with Crippen LogP contribution in [0.4, 0.5) is 4.79 Å². The second-order valence-corrected chi connectivity index (χ2v) is 8.48. The van der Waals surface area contributed by atoms with Gasteiger partial charge in [-0.3, -0.25) is 14.5 Å². The van der Waals surface area contributed by atoms with Crippen molar-refractivity contribution in [2.75, 3.05) is 13.7 Å². The van der Waals surface area contributed by atoms with Gasteiger partial charge < -0.3 is 15.0 Å². The average molecular weight is 419 g/mol. The number of methoxy groups -OCH3 is 1. The van der Waals surface area contributed by atoms with Gasteiger partial charge in [-0.2, -0.15) is 0 Å². The van der Waals surface area contributed by atoms with Crippen molar-refractivity contribution in [1.82, 2.24) is 15.1 Å². The van der Waals surface area contributed by atoms with Crippen molar-refractivity contribution in [3.05, 3.63) is 65.2 Å². The Bertz CT molecular complexity index is 1050. The van der Waals surface area contributed by atoms with Crippen LogP contribution in [0.15, 0.2) is 48.5 Å². The van der Waals surface area contributed by atoms with Crippen LogP contribution in [0, 0.1) is 0 Å². The van der Waals surface area contributed by atoms with Crippen molar-refractivity contribution in [3.8, 4) is 5.75 Å². The third-order valence-electron chi connectivity index (χ3n) is 6.54. The molecule has 1 spiro atoms. The Morgan fingerprint density at radius 2 is 1.90 bits per heavy atom. The lowest BCUT2D eigenvalue weighted by atomic mass is 9.92. The smallest absolute Gasteiger partial charge is 0.325 e. The Morgan fingerprint density at radius 3 is 2.61 bits per heavy atom. The predicted octanol–water partition coefficient (Wildman–Crippen LogP) is 2.58. The largest absolute Gasteiger partial charge is 0.497 e. The maximum absolute atomic E-state index is 13.3. The molecule has 31 heavy (non-hydrogen) atoms. The number of benzene rings is 2. The first-order chi connectivity index (χ1) is 15.0. The number of aryl methyl sites for hydroxylation is 1. The zero-order chi connectivity index (χ0) is 21.6. The van der Waals surface area contributed by atoms with Crippen molar-refractivity contribution in [2.24, 2.45) is 0 Å². The topological polar surface area (TPSA) is 79.0 Å². The van der Waals surface area contributed by atoms with E-state index < -0.39 is 11.6 Å². The van der Waals surface area contributed by atoms with Crippen LogP contribution in [0.3, 0.4) is 0 Å². The normalized spacial score (nSPS) is 21.9. The van der Waals surface area contributed by atoms with Crippen LogP contribution in [-0.4, -0.2) is 47.3 Å². The van der Waals surface area contributed by atoms with E-state index >= 15 is 0 Å². The van der Waals surface area contributed by atoms with E-state index in [1.165, 1.54) is 0 Å². The fourth-order valence-corrected chi connectivity index (χ4v) is 4.69. The van der Waals surface area contributed by atoms with Gasteiger partial charge in [0.1, 0.15) is 17.8 Å². The van der Waals surface area contributed by atoms with Crippen LogP contribution in [0.2, 0.25) is 0 Å². The van der Waals surface area contributed by atoms with Crippen LogP contribution in [-0.2, 0) is 28.1 Å². The average Bonchev–Trinajstić information content (AvgIpc) is 3.53. The van der Waals surface area contributed by atoms with E-state index in [1.807, 2.05) is 48.5 Å². The number of carbonyl (C=O) groups excluding carboxylic acids is 3. The van der Waals surface area contributed by atoms with Gasteiger partial charge in [-0.15, -0.1) is 0 Å². The summed E-state index contributed by atoms with van der Waals surface area (Å²) in [7, 11) is 1.61. The monoisotopic (exact) mass is 419 g/mol. The maximum Gasteiger partial charge on any atom is 0.325 e. The van der Waals surface area contributed by atoms with Crippen molar-refractivity contribution in [3.63, 3.8) is 0 Å². The second kappa shape index (κ2) is 7.41. The summed E-state index contributed by atoms with van der Waals surface area (Å²) in [4.78, 5) is 42.1. The van der Waals surface area contributed by atoms with Crippen LogP contribution in [0.25, 0.3) is 0 Å². The molecular weight excluding hydrogens is 394 g/mol. The highest BCUT2D eigenvalue weighted by atomic mass is 16.5. The first-order valence-corrected chi connectivity index (χ1v) is 10.7. The maximum atomic E-state index is 13.3. The van der Waals surface area contributed by atoms with E-state index in [0.29, 0.717) is 13.0 Å². The lowest BCUT2D eigenvalue weighted by molar-refractivity contribution is -0.139. The molecule has 7 heteroatoms. The Labute approximate surface area is 181 Å². The third kappa shape index (κ3) is 3.34. The number of hydrogen-bond acceptors (Lipinski definition) is 4. The summed E-state index contributed by atoms with van der Waals surface area (Å²) < 4.78 is 5.20. The molecule has 1 atom stereocenters. The van der Waals surface area contributed by atoms with E-state index in [4.69, 9.17) is 4.74 Å². The molecule has 0 unspecified atom stereocenters. The van der Waals surface area contributed by atoms with E-state index in [0.717, 1.165) is 46.6 Å². The van der Waals surface area contributed by atoms with Gasteiger partial charge in [0.25, 0.3) is 5.91 Å². The molecule has 1 aliphatic heterocycles. The molecule has 3 aliphatic rings. The van der Waals surface area contributed by atoms with Gasteiger partial charge in [0.2, 0.25) is 5.91 Å².